The Bertz CT molecular complexity index is 1010. The summed E-state index contributed by atoms with van der Waals surface area (Å²) in [5, 5.41) is 11.9. The van der Waals surface area contributed by atoms with Crippen molar-refractivity contribution in [2.24, 2.45) is 5.73 Å². The van der Waals surface area contributed by atoms with Gasteiger partial charge in [-0.05, 0) is 109 Å². The van der Waals surface area contributed by atoms with Crippen LogP contribution in [0.5, 0.6) is 0 Å². The van der Waals surface area contributed by atoms with Gasteiger partial charge in [-0.2, -0.15) is 0 Å². The molecule has 2 unspecified atom stereocenters. The van der Waals surface area contributed by atoms with Crippen molar-refractivity contribution in [1.29, 1.82) is 0 Å². The molecule has 0 aliphatic heterocycles. The van der Waals surface area contributed by atoms with Gasteiger partial charge in [0, 0.05) is 12.8 Å². The van der Waals surface area contributed by atoms with E-state index in [1.807, 2.05) is 0 Å². The molecule has 0 fully saturated rings. The summed E-state index contributed by atoms with van der Waals surface area (Å²) in [6, 6.07) is -0.861. The molecule has 0 aliphatic carbocycles. The molecule has 2 atom stereocenters. The molecule has 7 nitrogen and oxygen atoms in total. The number of allylic oxidation sites excluding steroid dienone is 11. The van der Waals surface area contributed by atoms with Gasteiger partial charge in [-0.1, -0.05) is 119 Å². The zero-order chi connectivity index (χ0) is 36.8. The zero-order valence-electron chi connectivity index (χ0n) is 31.7. The highest BCUT2D eigenvalue weighted by Crippen LogP contribution is 2.15. The van der Waals surface area contributed by atoms with Crippen LogP contribution in [0, 0.1) is 0 Å². The molecule has 4 N–H and O–H groups in total. The fourth-order valence-corrected chi connectivity index (χ4v) is 5.27. The van der Waals surface area contributed by atoms with Crippen LogP contribution in [-0.2, 0) is 19.1 Å². The quantitative estimate of drug-likeness (QED) is 0.0350. The molecule has 0 radical (unpaired) electrons. The van der Waals surface area contributed by atoms with E-state index in [1.165, 1.54) is 19.3 Å². The van der Waals surface area contributed by atoms with Crippen LogP contribution in [0.2, 0.25) is 0 Å². The van der Waals surface area contributed by atoms with Crippen molar-refractivity contribution in [2.75, 3.05) is 6.54 Å². The van der Waals surface area contributed by atoms with Gasteiger partial charge in [-0.15, -0.1) is 0 Å². The van der Waals surface area contributed by atoms with Crippen molar-refractivity contribution in [3.05, 3.63) is 72.9 Å². The van der Waals surface area contributed by atoms with Gasteiger partial charge < -0.3 is 20.9 Å². The van der Waals surface area contributed by atoms with Crippen molar-refractivity contribution < 1.29 is 24.2 Å². The molecule has 0 aromatic rings. The Morgan fingerprint density at radius 3 is 1.76 bits per heavy atom. The second kappa shape index (κ2) is 37.1. The fourth-order valence-electron chi connectivity index (χ4n) is 5.27. The highest BCUT2D eigenvalue weighted by molar-refractivity contribution is 5.83. The predicted octanol–water partition coefficient (Wildman–Crippen LogP) is 10.8. The largest absolute Gasteiger partial charge is 0.480 e. The Balaban J connectivity index is 4.40. The maximum Gasteiger partial charge on any atom is 0.326 e. The molecule has 0 rings (SSSR count). The van der Waals surface area contributed by atoms with Crippen LogP contribution in [0.1, 0.15) is 162 Å². The number of carboxylic acids is 1. The number of carboxylic acid groups (broad SMARTS) is 1. The van der Waals surface area contributed by atoms with E-state index in [9.17, 15) is 19.5 Å². The molecule has 0 spiro atoms. The summed E-state index contributed by atoms with van der Waals surface area (Å²) in [4.78, 5) is 36.1. The van der Waals surface area contributed by atoms with E-state index < -0.39 is 12.0 Å². The maximum absolute atomic E-state index is 12.7. The van der Waals surface area contributed by atoms with Gasteiger partial charge >= 0.3 is 11.9 Å². The van der Waals surface area contributed by atoms with Crippen LogP contribution in [-0.4, -0.2) is 41.6 Å². The topological polar surface area (TPSA) is 119 Å². The van der Waals surface area contributed by atoms with Crippen molar-refractivity contribution in [3.63, 3.8) is 0 Å². The Morgan fingerprint density at radius 2 is 1.16 bits per heavy atom. The number of esters is 1. The Kier molecular flexibility index (Phi) is 34.7. The third-order valence-corrected chi connectivity index (χ3v) is 8.24. The number of amides is 1. The third-order valence-electron chi connectivity index (χ3n) is 8.24. The van der Waals surface area contributed by atoms with Gasteiger partial charge in [0.1, 0.15) is 12.1 Å². The third kappa shape index (κ3) is 33.3. The molecule has 7 heteroatoms. The summed E-state index contributed by atoms with van der Waals surface area (Å²) < 4.78 is 5.89. The molecule has 0 aromatic carbocycles. The number of carbonyl (C=O) groups is 3. The highest BCUT2D eigenvalue weighted by atomic mass is 16.5. The lowest BCUT2D eigenvalue weighted by molar-refractivity contribution is -0.147. The number of rotatable bonds is 34. The van der Waals surface area contributed by atoms with Crippen LogP contribution >= 0.6 is 0 Å². The van der Waals surface area contributed by atoms with Crippen molar-refractivity contribution in [3.8, 4) is 0 Å². The summed E-state index contributed by atoms with van der Waals surface area (Å²) in [7, 11) is 0. The molecule has 0 aromatic heterocycles. The molecule has 0 saturated carbocycles. The first-order chi connectivity index (χ1) is 24.4. The molecule has 50 heavy (non-hydrogen) atoms. The van der Waals surface area contributed by atoms with E-state index in [2.05, 4.69) is 92.1 Å². The predicted molar refractivity (Wildman–Crippen MR) is 211 cm³/mol. The maximum atomic E-state index is 12.7. The monoisotopic (exact) mass is 697 g/mol. The average Bonchev–Trinajstić information content (AvgIpc) is 3.10. The first kappa shape index (κ1) is 46.8. The van der Waals surface area contributed by atoms with Crippen LogP contribution < -0.4 is 11.1 Å². The number of aliphatic carboxylic acids is 1. The van der Waals surface area contributed by atoms with Gasteiger partial charge in [-0.25, -0.2) is 4.79 Å². The second-order valence-corrected chi connectivity index (χ2v) is 13.0. The summed E-state index contributed by atoms with van der Waals surface area (Å²) in [5.41, 5.74) is 5.46. The van der Waals surface area contributed by atoms with E-state index in [-0.39, 0.29) is 18.0 Å². The van der Waals surface area contributed by atoms with Crippen LogP contribution in [0.4, 0.5) is 0 Å². The molecule has 284 valence electrons. The summed E-state index contributed by atoms with van der Waals surface area (Å²) in [6.07, 6.45) is 46.8. The molecule has 0 bridgehead atoms. The summed E-state index contributed by atoms with van der Waals surface area (Å²) >= 11 is 0. The van der Waals surface area contributed by atoms with Crippen molar-refractivity contribution >= 4 is 17.8 Å². The smallest absolute Gasteiger partial charge is 0.326 e. The van der Waals surface area contributed by atoms with Gasteiger partial charge in [0.15, 0.2) is 0 Å². The lowest BCUT2D eigenvalue weighted by Gasteiger charge is -2.15. The standard InChI is InChI=1S/C43H72N2O5/c1-3-5-7-9-11-13-14-15-16-17-18-19-21-27-31-37-42(47)50-39(33-28-24-20-12-10-8-6-4-2)34-29-25-22-23-26-30-36-41(46)45-40(43(48)49)35-32-38-44/h5,7,11-13,15-16,18-20,28,33,39-40H,3-4,6,8-10,14,17,21-27,29-32,34-38,44H2,1-2H3,(H,45,46)(H,48,49)/b7-5-,13-11-,16-15-,19-18-,20-12-,33-28-. The van der Waals surface area contributed by atoms with E-state index in [4.69, 9.17) is 10.5 Å². The van der Waals surface area contributed by atoms with Crippen LogP contribution in [0.15, 0.2) is 72.9 Å². The van der Waals surface area contributed by atoms with Crippen molar-refractivity contribution in [2.45, 2.75) is 174 Å². The van der Waals surface area contributed by atoms with E-state index in [0.717, 1.165) is 103 Å². The van der Waals surface area contributed by atoms with Gasteiger partial charge in [0.2, 0.25) is 5.91 Å². The highest BCUT2D eigenvalue weighted by Gasteiger charge is 2.18. The average molecular weight is 697 g/mol. The Hall–Kier alpha value is -3.19. The molecule has 1 amide bonds. The number of unbranched alkanes of at least 4 members (excludes halogenated alkanes) is 10. The summed E-state index contributed by atoms with van der Waals surface area (Å²) in [6.45, 7) is 4.77. The summed E-state index contributed by atoms with van der Waals surface area (Å²) in [5.74, 6) is -1.34. The number of hydrogen-bond donors (Lipinski definition) is 3. The number of ether oxygens (including phenoxy) is 1. The second-order valence-electron chi connectivity index (χ2n) is 13.0. The van der Waals surface area contributed by atoms with Gasteiger partial charge in [0.05, 0.1) is 0 Å². The van der Waals surface area contributed by atoms with E-state index in [0.29, 0.717) is 32.2 Å². The number of carbonyl (C=O) groups excluding carboxylic acids is 2. The minimum absolute atomic E-state index is 0.119. The minimum Gasteiger partial charge on any atom is -0.480 e. The number of hydrogen-bond acceptors (Lipinski definition) is 5. The Morgan fingerprint density at radius 1 is 0.620 bits per heavy atom. The van der Waals surface area contributed by atoms with Crippen LogP contribution in [0.25, 0.3) is 0 Å². The van der Waals surface area contributed by atoms with Gasteiger partial charge in [-0.3, -0.25) is 9.59 Å². The molecular formula is C43H72N2O5. The lowest BCUT2D eigenvalue weighted by Crippen LogP contribution is -2.40. The van der Waals surface area contributed by atoms with Gasteiger partial charge in [0.25, 0.3) is 0 Å². The molecular weight excluding hydrogens is 624 g/mol. The molecule has 0 saturated heterocycles. The zero-order valence-corrected chi connectivity index (χ0v) is 31.7. The Labute approximate surface area is 305 Å². The SMILES string of the molecule is CC/C=C\C/C=C\C/C=C\C/C=C\CCCCC(=O)OC(/C=C\C/C=C\CCCCC)CCCCCCCCC(=O)NC(CCCN)C(=O)O. The van der Waals surface area contributed by atoms with Crippen LogP contribution in [0.3, 0.4) is 0 Å². The first-order valence-electron chi connectivity index (χ1n) is 19.8. The van der Waals surface area contributed by atoms with Crippen molar-refractivity contribution in [1.82, 2.24) is 5.32 Å². The number of nitrogens with one attached hydrogen (secondary N) is 1. The normalized spacial score (nSPS) is 13.5. The van der Waals surface area contributed by atoms with E-state index >= 15 is 0 Å². The van der Waals surface area contributed by atoms with E-state index in [1.54, 1.807) is 0 Å². The lowest BCUT2D eigenvalue weighted by atomic mass is 10.0. The molecule has 0 heterocycles. The molecule has 0 aliphatic rings. The fraction of sp³-hybridized carbons (Fsp3) is 0.651. The minimum atomic E-state index is -1.01. The number of nitrogens with two attached hydrogens (primary N) is 1. The first-order valence-corrected chi connectivity index (χ1v) is 19.8.